The maximum atomic E-state index is 2.50. The Morgan fingerprint density at radius 3 is 1.08 bits per heavy atom. The first-order valence-electron chi connectivity index (χ1n) is 23.7. The molecule has 7 aromatic rings. The number of nitrogens with zero attached hydrogens (tertiary/aromatic N) is 2. The molecule has 7 aromatic carbocycles. The zero-order valence-corrected chi connectivity index (χ0v) is 38.2. The van der Waals surface area contributed by atoms with Crippen LogP contribution in [0.3, 0.4) is 0 Å². The van der Waals surface area contributed by atoms with Gasteiger partial charge in [0.05, 0.1) is 0 Å². The Balaban J connectivity index is 1.22. The molecule has 0 saturated carbocycles. The Kier molecular flexibility index (Phi) is 15.9. The maximum Gasteiger partial charge on any atom is 0.0467 e. The molecule has 0 amide bonds. The molecular formula is C60H68N2. The largest absolute Gasteiger partial charge is 0.310 e. The van der Waals surface area contributed by atoms with Gasteiger partial charge in [-0.05, 0) is 164 Å². The maximum absolute atomic E-state index is 2.50. The molecule has 0 spiro atoms. The molecule has 0 bridgehead atoms. The molecule has 0 aliphatic rings. The molecule has 0 radical (unpaired) electrons. The molecule has 0 heterocycles. The summed E-state index contributed by atoms with van der Waals surface area (Å²) >= 11 is 0. The van der Waals surface area contributed by atoms with Crippen LogP contribution in [0.1, 0.15) is 113 Å². The van der Waals surface area contributed by atoms with Crippen LogP contribution in [0.2, 0.25) is 0 Å². The van der Waals surface area contributed by atoms with Gasteiger partial charge in [0.2, 0.25) is 0 Å². The molecule has 0 saturated heterocycles. The van der Waals surface area contributed by atoms with E-state index in [0.29, 0.717) is 0 Å². The Bertz CT molecular complexity index is 2380. The van der Waals surface area contributed by atoms with Crippen LogP contribution in [0, 0.1) is 13.8 Å². The van der Waals surface area contributed by atoms with Gasteiger partial charge in [0, 0.05) is 34.1 Å². The number of hydrogen-bond donors (Lipinski definition) is 0. The van der Waals surface area contributed by atoms with Crippen LogP contribution in [0.4, 0.5) is 34.1 Å². The second kappa shape index (κ2) is 22.3. The number of anilines is 6. The van der Waals surface area contributed by atoms with Crippen molar-refractivity contribution in [1.29, 1.82) is 0 Å². The average Bonchev–Trinajstić information content (AvgIpc) is 3.30. The summed E-state index contributed by atoms with van der Waals surface area (Å²) in [6.45, 7) is 11.2. The molecule has 2 nitrogen and oxygen atoms in total. The van der Waals surface area contributed by atoms with Gasteiger partial charge in [-0.25, -0.2) is 0 Å². The third-order valence-corrected chi connectivity index (χ3v) is 12.3. The normalized spacial score (nSPS) is 11.2. The van der Waals surface area contributed by atoms with Crippen LogP contribution < -0.4 is 9.80 Å². The van der Waals surface area contributed by atoms with E-state index in [1.54, 1.807) is 0 Å². The zero-order valence-electron chi connectivity index (χ0n) is 38.2. The van der Waals surface area contributed by atoms with Crippen LogP contribution in [0.15, 0.2) is 164 Å². The first kappa shape index (κ1) is 44.2. The summed E-state index contributed by atoms with van der Waals surface area (Å²) in [4.78, 5) is 4.87. The number of hydrogen-bond acceptors (Lipinski definition) is 2. The summed E-state index contributed by atoms with van der Waals surface area (Å²) in [5.74, 6) is 0. The summed E-state index contributed by atoms with van der Waals surface area (Å²) in [6.07, 6.45) is 15.9. The molecule has 0 aliphatic heterocycles. The highest BCUT2D eigenvalue weighted by molar-refractivity contribution is 5.82. The van der Waals surface area contributed by atoms with E-state index in [9.17, 15) is 0 Å². The molecule has 0 fully saturated rings. The van der Waals surface area contributed by atoms with E-state index in [4.69, 9.17) is 0 Å². The van der Waals surface area contributed by atoms with E-state index in [0.717, 1.165) is 24.9 Å². The van der Waals surface area contributed by atoms with Gasteiger partial charge in [0.15, 0.2) is 0 Å². The first-order chi connectivity index (χ1) is 30.4. The van der Waals surface area contributed by atoms with Crippen molar-refractivity contribution in [3.05, 3.63) is 192 Å². The molecule has 2 heteroatoms. The van der Waals surface area contributed by atoms with Crippen molar-refractivity contribution < 1.29 is 0 Å². The van der Waals surface area contributed by atoms with Gasteiger partial charge in [-0.2, -0.15) is 0 Å². The molecule has 0 atom stereocenters. The van der Waals surface area contributed by atoms with Crippen LogP contribution in [-0.2, 0) is 19.3 Å². The highest BCUT2D eigenvalue weighted by Crippen LogP contribution is 2.40. The fraction of sp³-hybridized carbons (Fsp3) is 0.300. The van der Waals surface area contributed by atoms with Crippen molar-refractivity contribution in [3.63, 3.8) is 0 Å². The van der Waals surface area contributed by atoms with Crippen molar-refractivity contribution in [2.75, 3.05) is 9.80 Å². The number of aryl methyl sites for hydroxylation is 5. The highest BCUT2D eigenvalue weighted by Gasteiger charge is 2.17. The van der Waals surface area contributed by atoms with Crippen molar-refractivity contribution in [2.24, 2.45) is 0 Å². The SMILES string of the molecule is CCCCCCc1cc(CCCCCC)cc(N(c2ccc(-c3ccc(C)cc3)cc2)c2ccc(-c3ccc(N(c4ccc(C)cc4)c4cccc(CCCC)c4)cc3)cc2)c1. The van der Waals surface area contributed by atoms with Gasteiger partial charge >= 0.3 is 0 Å². The molecule has 318 valence electrons. The number of benzene rings is 7. The zero-order chi connectivity index (χ0) is 43.1. The molecule has 0 aromatic heterocycles. The topological polar surface area (TPSA) is 6.48 Å². The van der Waals surface area contributed by atoms with E-state index < -0.39 is 0 Å². The monoisotopic (exact) mass is 817 g/mol. The summed E-state index contributed by atoms with van der Waals surface area (Å²) in [7, 11) is 0. The second-order valence-corrected chi connectivity index (χ2v) is 17.4. The smallest absolute Gasteiger partial charge is 0.0467 e. The van der Waals surface area contributed by atoms with Gasteiger partial charge in [-0.1, -0.05) is 168 Å². The lowest BCUT2D eigenvalue weighted by atomic mass is 9.98. The summed E-state index contributed by atoms with van der Waals surface area (Å²) in [6, 6.07) is 61.7. The highest BCUT2D eigenvalue weighted by atomic mass is 15.1. The van der Waals surface area contributed by atoms with Crippen molar-refractivity contribution in [2.45, 2.75) is 118 Å². The van der Waals surface area contributed by atoms with Gasteiger partial charge in [-0.3, -0.25) is 0 Å². The Morgan fingerprint density at radius 1 is 0.290 bits per heavy atom. The Labute approximate surface area is 374 Å². The second-order valence-electron chi connectivity index (χ2n) is 17.4. The fourth-order valence-electron chi connectivity index (χ4n) is 8.65. The van der Waals surface area contributed by atoms with Gasteiger partial charge in [0.1, 0.15) is 0 Å². The molecular weight excluding hydrogens is 749 g/mol. The third-order valence-electron chi connectivity index (χ3n) is 12.3. The van der Waals surface area contributed by atoms with Gasteiger partial charge in [0.25, 0.3) is 0 Å². The lowest BCUT2D eigenvalue weighted by Crippen LogP contribution is -2.11. The molecule has 7 rings (SSSR count). The summed E-state index contributed by atoms with van der Waals surface area (Å²) < 4.78 is 0. The quantitative estimate of drug-likeness (QED) is 0.0667. The first-order valence-corrected chi connectivity index (χ1v) is 23.7. The Hall–Kier alpha value is -5.86. The molecule has 0 unspecified atom stereocenters. The standard InChI is InChI=1S/C60H68N2/c1-6-9-12-14-18-49-42-50(19-15-13-10-7-2)45-60(44-49)62(57-38-30-52(31-39-57)51-26-22-46(4)23-27-51)58-40-32-54(33-41-58)53-28-36-56(37-29-53)61(55-34-24-47(5)25-35-55)59-21-16-20-48(43-59)17-11-8-3/h16,20-45H,6-15,17-19H2,1-5H3. The lowest BCUT2D eigenvalue weighted by Gasteiger charge is -2.27. The molecule has 0 aliphatic carbocycles. The third kappa shape index (κ3) is 11.7. The number of unbranched alkanes of at least 4 members (excludes halogenated alkanes) is 7. The number of rotatable bonds is 21. The lowest BCUT2D eigenvalue weighted by molar-refractivity contribution is 0.661. The average molecular weight is 817 g/mol. The molecule has 0 N–H and O–H groups in total. The van der Waals surface area contributed by atoms with Gasteiger partial charge in [-0.15, -0.1) is 0 Å². The minimum atomic E-state index is 1.10. The molecule has 62 heavy (non-hydrogen) atoms. The summed E-state index contributed by atoms with van der Waals surface area (Å²) in [5.41, 5.74) is 18.8. The minimum absolute atomic E-state index is 1.10. The van der Waals surface area contributed by atoms with Crippen LogP contribution in [-0.4, -0.2) is 0 Å². The minimum Gasteiger partial charge on any atom is -0.310 e. The van der Waals surface area contributed by atoms with Crippen molar-refractivity contribution >= 4 is 34.1 Å². The summed E-state index contributed by atoms with van der Waals surface area (Å²) in [5, 5.41) is 0. The fourth-order valence-corrected chi connectivity index (χ4v) is 8.65. The van der Waals surface area contributed by atoms with E-state index in [2.05, 4.69) is 208 Å². The van der Waals surface area contributed by atoms with Crippen LogP contribution in [0.25, 0.3) is 22.3 Å². The van der Waals surface area contributed by atoms with E-state index in [1.807, 2.05) is 0 Å². The van der Waals surface area contributed by atoms with Gasteiger partial charge < -0.3 is 9.80 Å². The predicted molar refractivity (Wildman–Crippen MR) is 270 cm³/mol. The van der Waals surface area contributed by atoms with Crippen LogP contribution >= 0.6 is 0 Å². The predicted octanol–water partition coefficient (Wildman–Crippen LogP) is 18.2. The van der Waals surface area contributed by atoms with E-state index in [1.165, 1.54) is 143 Å². The van der Waals surface area contributed by atoms with Crippen molar-refractivity contribution in [1.82, 2.24) is 0 Å². The van der Waals surface area contributed by atoms with E-state index >= 15 is 0 Å². The Morgan fingerprint density at radius 2 is 0.645 bits per heavy atom. The van der Waals surface area contributed by atoms with Crippen molar-refractivity contribution in [3.8, 4) is 22.3 Å². The van der Waals surface area contributed by atoms with Crippen LogP contribution in [0.5, 0.6) is 0 Å². The van der Waals surface area contributed by atoms with E-state index in [-0.39, 0.29) is 0 Å².